The molecule has 1 aromatic rings. The number of aromatic nitrogens is 2. The van der Waals surface area contributed by atoms with Crippen LogP contribution in [-0.4, -0.2) is 34.3 Å². The van der Waals surface area contributed by atoms with Crippen molar-refractivity contribution in [1.82, 2.24) is 9.97 Å². The molecule has 18 heavy (non-hydrogen) atoms. The smallest absolute Gasteiger partial charge is 0.224 e. The summed E-state index contributed by atoms with van der Waals surface area (Å²) in [5.74, 6) is 1.66. The lowest BCUT2D eigenvalue weighted by Gasteiger charge is -2.21. The van der Waals surface area contributed by atoms with Crippen molar-refractivity contribution < 1.29 is 5.11 Å². The van der Waals surface area contributed by atoms with E-state index in [0.717, 1.165) is 24.3 Å². The summed E-state index contributed by atoms with van der Waals surface area (Å²) in [6.45, 7) is 9.16. The maximum atomic E-state index is 9.14. The Kier molecular flexibility index (Phi) is 5.85. The van der Waals surface area contributed by atoms with E-state index in [1.807, 2.05) is 27.0 Å². The number of aryl methyl sites for hydroxylation is 1. The van der Waals surface area contributed by atoms with E-state index in [4.69, 9.17) is 5.11 Å². The van der Waals surface area contributed by atoms with E-state index in [2.05, 4.69) is 27.5 Å². The van der Waals surface area contributed by atoms with Crippen molar-refractivity contribution in [3.05, 3.63) is 11.8 Å². The normalized spacial score (nSPS) is 14.1. The number of anilines is 2. The summed E-state index contributed by atoms with van der Waals surface area (Å²) in [6.07, 6.45) is 2.85. The van der Waals surface area contributed by atoms with Gasteiger partial charge in [-0.1, -0.05) is 13.8 Å². The number of aliphatic hydroxyl groups excluding tert-OH is 1. The molecule has 0 aromatic carbocycles. The van der Waals surface area contributed by atoms with Gasteiger partial charge in [-0.05, 0) is 26.2 Å². The first-order valence-electron chi connectivity index (χ1n) is 6.53. The van der Waals surface area contributed by atoms with Gasteiger partial charge in [0.1, 0.15) is 5.82 Å². The summed E-state index contributed by atoms with van der Waals surface area (Å²) in [5.41, 5.74) is 1.01. The summed E-state index contributed by atoms with van der Waals surface area (Å²) < 4.78 is 0. The second-order valence-corrected chi connectivity index (χ2v) is 4.74. The van der Waals surface area contributed by atoms with Crippen molar-refractivity contribution in [3.63, 3.8) is 0 Å². The van der Waals surface area contributed by atoms with Gasteiger partial charge in [-0.2, -0.15) is 4.98 Å². The average Bonchev–Trinajstić information content (AvgIpc) is 2.38. The van der Waals surface area contributed by atoms with Crippen LogP contribution in [0.2, 0.25) is 0 Å². The predicted octanol–water partition coefficient (Wildman–Crippen LogP) is 2.04. The second kappa shape index (κ2) is 7.16. The summed E-state index contributed by atoms with van der Waals surface area (Å²) in [7, 11) is 0. The van der Waals surface area contributed by atoms with Gasteiger partial charge in [0.05, 0.1) is 0 Å². The highest BCUT2D eigenvalue weighted by atomic mass is 16.3. The summed E-state index contributed by atoms with van der Waals surface area (Å²) >= 11 is 0. The molecule has 5 nitrogen and oxygen atoms in total. The van der Waals surface area contributed by atoms with Gasteiger partial charge in [0.2, 0.25) is 5.95 Å². The molecule has 0 bridgehead atoms. The molecule has 0 aliphatic carbocycles. The zero-order chi connectivity index (χ0) is 13.5. The SMILES string of the molecule is CCCNc1ncc(C)c(NC(C)C(C)CO)n1. The molecule has 0 saturated carbocycles. The Labute approximate surface area is 109 Å². The topological polar surface area (TPSA) is 70.1 Å². The molecule has 0 amide bonds. The third kappa shape index (κ3) is 4.14. The number of nitrogens with zero attached hydrogens (tertiary/aromatic N) is 2. The third-order valence-corrected chi connectivity index (χ3v) is 3.01. The van der Waals surface area contributed by atoms with Gasteiger partial charge in [0.15, 0.2) is 0 Å². The molecular formula is C13H24N4O. The second-order valence-electron chi connectivity index (χ2n) is 4.74. The van der Waals surface area contributed by atoms with Crippen molar-refractivity contribution in [1.29, 1.82) is 0 Å². The minimum Gasteiger partial charge on any atom is -0.396 e. The fraction of sp³-hybridized carbons (Fsp3) is 0.692. The molecule has 3 N–H and O–H groups in total. The lowest BCUT2D eigenvalue weighted by atomic mass is 10.1. The van der Waals surface area contributed by atoms with Crippen molar-refractivity contribution in [3.8, 4) is 0 Å². The molecule has 0 radical (unpaired) electrons. The molecule has 2 atom stereocenters. The van der Waals surface area contributed by atoms with Crippen molar-refractivity contribution >= 4 is 11.8 Å². The van der Waals surface area contributed by atoms with Crippen LogP contribution in [0.5, 0.6) is 0 Å². The summed E-state index contributed by atoms with van der Waals surface area (Å²) in [5, 5.41) is 15.6. The first kappa shape index (κ1) is 14.7. The molecular weight excluding hydrogens is 228 g/mol. The van der Waals surface area contributed by atoms with E-state index < -0.39 is 0 Å². The fourth-order valence-corrected chi connectivity index (χ4v) is 1.43. The van der Waals surface area contributed by atoms with E-state index in [1.165, 1.54) is 0 Å². The van der Waals surface area contributed by atoms with Gasteiger partial charge in [-0.15, -0.1) is 0 Å². The van der Waals surface area contributed by atoms with E-state index >= 15 is 0 Å². The van der Waals surface area contributed by atoms with Crippen LogP contribution in [0.15, 0.2) is 6.20 Å². The van der Waals surface area contributed by atoms with E-state index in [1.54, 1.807) is 0 Å². The van der Waals surface area contributed by atoms with Crippen molar-refractivity contribution in [2.24, 2.45) is 5.92 Å². The summed E-state index contributed by atoms with van der Waals surface area (Å²) in [4.78, 5) is 8.69. The van der Waals surface area contributed by atoms with Crippen LogP contribution in [-0.2, 0) is 0 Å². The Morgan fingerprint density at radius 3 is 2.72 bits per heavy atom. The molecule has 0 saturated heterocycles. The van der Waals surface area contributed by atoms with Gasteiger partial charge in [0, 0.05) is 31.0 Å². The number of hydrogen-bond acceptors (Lipinski definition) is 5. The largest absolute Gasteiger partial charge is 0.396 e. The predicted molar refractivity (Wildman–Crippen MR) is 74.9 cm³/mol. The van der Waals surface area contributed by atoms with Crippen LogP contribution >= 0.6 is 0 Å². The highest BCUT2D eigenvalue weighted by Gasteiger charge is 2.13. The average molecular weight is 252 g/mol. The van der Waals surface area contributed by atoms with Gasteiger partial charge >= 0.3 is 0 Å². The lowest BCUT2D eigenvalue weighted by Crippen LogP contribution is -2.27. The zero-order valence-electron chi connectivity index (χ0n) is 11.7. The third-order valence-electron chi connectivity index (χ3n) is 3.01. The van der Waals surface area contributed by atoms with Crippen molar-refractivity contribution in [2.75, 3.05) is 23.8 Å². The van der Waals surface area contributed by atoms with E-state index in [9.17, 15) is 0 Å². The minimum absolute atomic E-state index is 0.166. The molecule has 1 rings (SSSR count). The van der Waals surface area contributed by atoms with E-state index in [-0.39, 0.29) is 18.6 Å². The zero-order valence-corrected chi connectivity index (χ0v) is 11.7. The minimum atomic E-state index is 0.166. The molecule has 5 heteroatoms. The molecule has 0 fully saturated rings. The van der Waals surface area contributed by atoms with Gasteiger partial charge in [-0.3, -0.25) is 0 Å². The molecule has 1 heterocycles. The van der Waals surface area contributed by atoms with Gasteiger partial charge in [0.25, 0.3) is 0 Å². The molecule has 0 aliphatic rings. The molecule has 2 unspecified atom stereocenters. The van der Waals surface area contributed by atoms with Crippen molar-refractivity contribution in [2.45, 2.75) is 40.2 Å². The van der Waals surface area contributed by atoms with Crippen LogP contribution in [0.3, 0.4) is 0 Å². The standard InChI is InChI=1S/C13H24N4O/c1-5-6-14-13-15-7-9(2)12(17-13)16-11(4)10(3)8-18/h7,10-11,18H,5-6,8H2,1-4H3,(H2,14,15,16,17). The highest BCUT2D eigenvalue weighted by molar-refractivity contribution is 5.47. The molecule has 1 aromatic heterocycles. The van der Waals surface area contributed by atoms with Crippen LogP contribution in [0.4, 0.5) is 11.8 Å². The Morgan fingerprint density at radius 1 is 1.39 bits per heavy atom. The summed E-state index contributed by atoms with van der Waals surface area (Å²) in [6, 6.07) is 0.169. The highest BCUT2D eigenvalue weighted by Crippen LogP contribution is 2.16. The molecule has 0 spiro atoms. The Morgan fingerprint density at radius 2 is 2.11 bits per heavy atom. The van der Waals surface area contributed by atoms with Crippen LogP contribution in [0.1, 0.15) is 32.8 Å². The van der Waals surface area contributed by atoms with Crippen LogP contribution in [0, 0.1) is 12.8 Å². The maximum absolute atomic E-state index is 9.14. The molecule has 102 valence electrons. The number of hydrogen-bond donors (Lipinski definition) is 3. The Hall–Kier alpha value is -1.36. The van der Waals surface area contributed by atoms with E-state index in [0.29, 0.717) is 5.95 Å². The van der Waals surface area contributed by atoms with Gasteiger partial charge < -0.3 is 15.7 Å². The monoisotopic (exact) mass is 252 g/mol. The fourth-order valence-electron chi connectivity index (χ4n) is 1.43. The lowest BCUT2D eigenvalue weighted by molar-refractivity contribution is 0.226. The van der Waals surface area contributed by atoms with Crippen LogP contribution in [0.25, 0.3) is 0 Å². The first-order chi connectivity index (χ1) is 8.58. The quantitative estimate of drug-likeness (QED) is 0.692. The van der Waals surface area contributed by atoms with Crippen LogP contribution < -0.4 is 10.6 Å². The number of nitrogens with one attached hydrogen (secondary N) is 2. The maximum Gasteiger partial charge on any atom is 0.224 e. The number of rotatable bonds is 7. The number of aliphatic hydroxyl groups is 1. The first-order valence-corrected chi connectivity index (χ1v) is 6.53. The Balaban J connectivity index is 2.74. The molecule has 0 aliphatic heterocycles. The van der Waals surface area contributed by atoms with Gasteiger partial charge in [-0.25, -0.2) is 4.98 Å². The Bertz CT molecular complexity index is 370.